The Hall–Kier alpha value is -1.49. The highest BCUT2D eigenvalue weighted by molar-refractivity contribution is 5.78. The molecule has 19 heavy (non-hydrogen) atoms. The number of nitrogens with zero attached hydrogens (tertiary/aromatic N) is 1. The van der Waals surface area contributed by atoms with E-state index in [1.165, 1.54) is 12.1 Å². The van der Waals surface area contributed by atoms with Crippen LogP contribution in [0.15, 0.2) is 18.2 Å². The zero-order valence-electron chi connectivity index (χ0n) is 11.0. The molecule has 1 aromatic rings. The highest BCUT2D eigenvalue weighted by atomic mass is 19.1. The van der Waals surface area contributed by atoms with E-state index in [-0.39, 0.29) is 23.9 Å². The van der Waals surface area contributed by atoms with E-state index in [0.717, 1.165) is 32.0 Å². The van der Waals surface area contributed by atoms with Gasteiger partial charge in [-0.05, 0) is 44.6 Å². The summed E-state index contributed by atoms with van der Waals surface area (Å²) >= 11 is 0. The SMILES string of the molecule is CN1CCC(NC(=O)Cc2ccc(F)cc2F)CC1. The molecule has 0 radical (unpaired) electrons. The van der Waals surface area contributed by atoms with E-state index in [0.29, 0.717) is 0 Å². The zero-order valence-corrected chi connectivity index (χ0v) is 11.0. The van der Waals surface area contributed by atoms with E-state index < -0.39 is 11.6 Å². The average Bonchev–Trinajstić information content (AvgIpc) is 2.36. The van der Waals surface area contributed by atoms with Gasteiger partial charge in [0, 0.05) is 12.1 Å². The van der Waals surface area contributed by atoms with Gasteiger partial charge >= 0.3 is 0 Å². The number of piperidine rings is 1. The summed E-state index contributed by atoms with van der Waals surface area (Å²) in [4.78, 5) is 14.0. The van der Waals surface area contributed by atoms with Gasteiger partial charge in [-0.2, -0.15) is 0 Å². The lowest BCUT2D eigenvalue weighted by Crippen LogP contribution is -2.43. The van der Waals surface area contributed by atoms with E-state index in [1.54, 1.807) is 0 Å². The van der Waals surface area contributed by atoms with Gasteiger partial charge in [0.25, 0.3) is 0 Å². The van der Waals surface area contributed by atoms with Crippen molar-refractivity contribution in [2.75, 3.05) is 20.1 Å². The summed E-state index contributed by atoms with van der Waals surface area (Å²) in [6.45, 7) is 1.91. The molecule has 1 aliphatic heterocycles. The van der Waals surface area contributed by atoms with Gasteiger partial charge in [-0.3, -0.25) is 4.79 Å². The summed E-state index contributed by atoms with van der Waals surface area (Å²) in [5, 5.41) is 2.90. The topological polar surface area (TPSA) is 32.3 Å². The van der Waals surface area contributed by atoms with Crippen molar-refractivity contribution in [3.8, 4) is 0 Å². The van der Waals surface area contributed by atoms with Crippen molar-refractivity contribution in [1.29, 1.82) is 0 Å². The number of hydrogen-bond donors (Lipinski definition) is 1. The monoisotopic (exact) mass is 268 g/mol. The molecule has 0 bridgehead atoms. The summed E-state index contributed by atoms with van der Waals surface area (Å²) < 4.78 is 26.2. The van der Waals surface area contributed by atoms with Gasteiger partial charge in [-0.1, -0.05) is 6.07 Å². The van der Waals surface area contributed by atoms with E-state index in [9.17, 15) is 13.6 Å². The molecule has 1 saturated heterocycles. The van der Waals surface area contributed by atoms with Crippen LogP contribution in [-0.4, -0.2) is 37.0 Å². The molecule has 1 aliphatic rings. The van der Waals surface area contributed by atoms with Crippen molar-refractivity contribution < 1.29 is 13.6 Å². The van der Waals surface area contributed by atoms with E-state index >= 15 is 0 Å². The van der Waals surface area contributed by atoms with Crippen LogP contribution in [-0.2, 0) is 11.2 Å². The lowest BCUT2D eigenvalue weighted by molar-refractivity contribution is -0.121. The molecule has 5 heteroatoms. The molecule has 1 aromatic carbocycles. The molecule has 0 aliphatic carbocycles. The van der Waals surface area contributed by atoms with Crippen LogP contribution in [0.3, 0.4) is 0 Å². The van der Waals surface area contributed by atoms with Crippen molar-refractivity contribution in [3.63, 3.8) is 0 Å². The summed E-state index contributed by atoms with van der Waals surface area (Å²) in [5.74, 6) is -1.50. The number of carbonyl (C=O) groups is 1. The van der Waals surface area contributed by atoms with E-state index in [1.807, 2.05) is 7.05 Å². The second-order valence-corrected chi connectivity index (χ2v) is 5.06. The van der Waals surface area contributed by atoms with Gasteiger partial charge in [-0.15, -0.1) is 0 Å². The minimum atomic E-state index is -0.668. The van der Waals surface area contributed by atoms with Gasteiger partial charge in [0.05, 0.1) is 6.42 Å². The molecular weight excluding hydrogens is 250 g/mol. The summed E-state index contributed by atoms with van der Waals surface area (Å²) in [6, 6.07) is 3.45. The van der Waals surface area contributed by atoms with Crippen LogP contribution >= 0.6 is 0 Å². The van der Waals surface area contributed by atoms with Crippen LogP contribution in [0, 0.1) is 11.6 Å². The van der Waals surface area contributed by atoms with Gasteiger partial charge in [-0.25, -0.2) is 8.78 Å². The molecule has 0 saturated carbocycles. The fraction of sp³-hybridized carbons (Fsp3) is 0.500. The molecule has 0 spiro atoms. The Morgan fingerprint density at radius 3 is 2.68 bits per heavy atom. The first-order chi connectivity index (χ1) is 9.04. The third kappa shape index (κ3) is 3.99. The number of halogens is 2. The summed E-state index contributed by atoms with van der Waals surface area (Å²) in [5.41, 5.74) is 0.229. The minimum Gasteiger partial charge on any atom is -0.353 e. The van der Waals surface area contributed by atoms with Crippen molar-refractivity contribution in [2.45, 2.75) is 25.3 Å². The Morgan fingerprint density at radius 1 is 1.37 bits per heavy atom. The van der Waals surface area contributed by atoms with Gasteiger partial charge in [0.2, 0.25) is 5.91 Å². The average molecular weight is 268 g/mol. The maximum atomic E-state index is 13.4. The first kappa shape index (κ1) is 13.9. The van der Waals surface area contributed by atoms with Crippen LogP contribution in [0.1, 0.15) is 18.4 Å². The molecule has 2 rings (SSSR count). The summed E-state index contributed by atoms with van der Waals surface area (Å²) in [6.07, 6.45) is 1.78. The Kier molecular flexibility index (Phi) is 4.47. The number of nitrogens with one attached hydrogen (secondary N) is 1. The molecule has 1 heterocycles. The van der Waals surface area contributed by atoms with E-state index in [2.05, 4.69) is 10.2 Å². The Bertz CT molecular complexity index is 457. The predicted octanol–water partition coefficient (Wildman–Crippen LogP) is 1.72. The first-order valence-corrected chi connectivity index (χ1v) is 6.46. The number of carbonyl (C=O) groups excluding carboxylic acids is 1. The number of likely N-dealkylation sites (tertiary alicyclic amines) is 1. The fourth-order valence-corrected chi connectivity index (χ4v) is 2.27. The molecule has 1 N–H and O–H groups in total. The van der Waals surface area contributed by atoms with Crippen LogP contribution in [0.25, 0.3) is 0 Å². The number of rotatable bonds is 3. The lowest BCUT2D eigenvalue weighted by atomic mass is 10.0. The highest BCUT2D eigenvalue weighted by Crippen LogP contribution is 2.12. The van der Waals surface area contributed by atoms with Crippen molar-refractivity contribution in [1.82, 2.24) is 10.2 Å². The molecular formula is C14H18F2N2O. The molecule has 0 atom stereocenters. The summed E-state index contributed by atoms with van der Waals surface area (Å²) in [7, 11) is 2.05. The second kappa shape index (κ2) is 6.10. The standard InChI is InChI=1S/C14H18F2N2O/c1-18-6-4-12(5-7-18)17-14(19)8-10-2-3-11(15)9-13(10)16/h2-3,9,12H,4-8H2,1H3,(H,17,19). The van der Waals surface area contributed by atoms with Crippen LogP contribution in [0.2, 0.25) is 0 Å². The zero-order chi connectivity index (χ0) is 13.8. The van der Waals surface area contributed by atoms with Crippen molar-refractivity contribution >= 4 is 5.91 Å². The van der Waals surface area contributed by atoms with Crippen LogP contribution in [0.4, 0.5) is 8.78 Å². The van der Waals surface area contributed by atoms with Crippen LogP contribution < -0.4 is 5.32 Å². The quantitative estimate of drug-likeness (QED) is 0.905. The molecule has 0 unspecified atom stereocenters. The molecule has 1 fully saturated rings. The Morgan fingerprint density at radius 2 is 2.05 bits per heavy atom. The molecule has 1 amide bonds. The second-order valence-electron chi connectivity index (χ2n) is 5.06. The third-order valence-electron chi connectivity index (χ3n) is 3.45. The third-order valence-corrected chi connectivity index (χ3v) is 3.45. The largest absolute Gasteiger partial charge is 0.353 e. The highest BCUT2D eigenvalue weighted by Gasteiger charge is 2.19. The normalized spacial score (nSPS) is 17.4. The van der Waals surface area contributed by atoms with Gasteiger partial charge < -0.3 is 10.2 Å². The van der Waals surface area contributed by atoms with Crippen molar-refractivity contribution in [2.24, 2.45) is 0 Å². The van der Waals surface area contributed by atoms with E-state index in [4.69, 9.17) is 0 Å². The number of amides is 1. The number of hydrogen-bond acceptors (Lipinski definition) is 2. The smallest absolute Gasteiger partial charge is 0.224 e. The molecule has 3 nitrogen and oxygen atoms in total. The Labute approximate surface area is 111 Å². The predicted molar refractivity (Wildman–Crippen MR) is 68.7 cm³/mol. The molecule has 0 aromatic heterocycles. The van der Waals surface area contributed by atoms with Crippen LogP contribution in [0.5, 0.6) is 0 Å². The Balaban J connectivity index is 1.87. The number of benzene rings is 1. The fourth-order valence-electron chi connectivity index (χ4n) is 2.27. The van der Waals surface area contributed by atoms with Gasteiger partial charge in [0.15, 0.2) is 0 Å². The van der Waals surface area contributed by atoms with Crippen molar-refractivity contribution in [3.05, 3.63) is 35.4 Å². The first-order valence-electron chi connectivity index (χ1n) is 6.46. The maximum Gasteiger partial charge on any atom is 0.224 e. The maximum absolute atomic E-state index is 13.4. The minimum absolute atomic E-state index is 0.0432. The molecule has 104 valence electrons. The lowest BCUT2D eigenvalue weighted by Gasteiger charge is -2.29. The van der Waals surface area contributed by atoms with Gasteiger partial charge in [0.1, 0.15) is 11.6 Å².